The average molecular weight is 381 g/mol. The molecule has 0 aliphatic rings. The van der Waals surface area contributed by atoms with Crippen molar-refractivity contribution in [2.75, 3.05) is 6.61 Å². The molecule has 0 saturated carbocycles. The molecule has 0 saturated heterocycles. The van der Waals surface area contributed by atoms with Gasteiger partial charge in [0.2, 0.25) is 0 Å². The molecule has 0 rings (SSSR count). The van der Waals surface area contributed by atoms with Crippen molar-refractivity contribution in [1.82, 2.24) is 0 Å². The van der Waals surface area contributed by atoms with E-state index in [1.54, 1.807) is 6.92 Å². The molecule has 0 spiro atoms. The highest BCUT2D eigenvalue weighted by Crippen LogP contribution is 2.11. The van der Waals surface area contributed by atoms with E-state index in [-0.39, 0.29) is 12.3 Å². The molecule has 0 radical (unpaired) electrons. The standard InChI is InChI=1S/C22H40N2O3/c1-3-5-6-7-8-9-10-11-12-13-14-15-16-17-18-19-20(25)21(24-23)22(26)27-4-2/h11-12,20,25H,3-10,13-19H2,1-2H3/b12-11-. The average Bonchev–Trinajstić information content (AvgIpc) is 2.65. The molecule has 1 unspecified atom stereocenters. The lowest BCUT2D eigenvalue weighted by molar-refractivity contribution is -0.141. The number of unbranched alkanes of at least 4 members (excludes halogenated alkanes) is 11. The first-order valence-electron chi connectivity index (χ1n) is 10.9. The molecule has 27 heavy (non-hydrogen) atoms. The van der Waals surface area contributed by atoms with Crippen molar-refractivity contribution in [2.45, 2.75) is 110 Å². The number of aliphatic hydroxyl groups excluding tert-OH is 1. The Kier molecular flexibility index (Phi) is 18.3. The van der Waals surface area contributed by atoms with Crippen LogP contribution in [0.4, 0.5) is 0 Å². The lowest BCUT2D eigenvalue weighted by atomic mass is 10.0. The number of ether oxygens (including phenoxy) is 1. The minimum absolute atomic E-state index is 0.192. The molecule has 5 heteroatoms. The summed E-state index contributed by atoms with van der Waals surface area (Å²) >= 11 is 0. The molecule has 1 N–H and O–H groups in total. The van der Waals surface area contributed by atoms with Crippen LogP contribution in [0.5, 0.6) is 0 Å². The summed E-state index contributed by atoms with van der Waals surface area (Å²) in [7, 11) is 0. The fraction of sp³-hybridized carbons (Fsp3) is 0.818. The van der Waals surface area contributed by atoms with E-state index < -0.39 is 12.1 Å². The van der Waals surface area contributed by atoms with E-state index in [9.17, 15) is 9.90 Å². The number of rotatable bonds is 18. The number of carbonyl (C=O) groups excluding carboxylic acids is 1. The van der Waals surface area contributed by atoms with Crippen LogP contribution in [0, 0.1) is 0 Å². The number of carbonyl (C=O) groups is 1. The van der Waals surface area contributed by atoms with Crippen LogP contribution in [0.15, 0.2) is 12.2 Å². The van der Waals surface area contributed by atoms with Gasteiger partial charge in [-0.25, -0.2) is 4.79 Å². The third kappa shape index (κ3) is 15.3. The van der Waals surface area contributed by atoms with Crippen molar-refractivity contribution in [3.05, 3.63) is 17.7 Å². The molecular weight excluding hydrogens is 340 g/mol. The Morgan fingerprint density at radius 1 is 0.926 bits per heavy atom. The van der Waals surface area contributed by atoms with Gasteiger partial charge in [-0.05, 0) is 39.0 Å². The van der Waals surface area contributed by atoms with Crippen molar-refractivity contribution in [2.24, 2.45) is 0 Å². The largest absolute Gasteiger partial charge is 0.457 e. The second-order valence-corrected chi connectivity index (χ2v) is 7.09. The first-order valence-corrected chi connectivity index (χ1v) is 10.9. The van der Waals surface area contributed by atoms with Gasteiger partial charge in [0.15, 0.2) is 6.10 Å². The number of esters is 1. The predicted octanol–water partition coefficient (Wildman–Crippen LogP) is 5.62. The van der Waals surface area contributed by atoms with Crippen LogP contribution in [0.1, 0.15) is 104 Å². The van der Waals surface area contributed by atoms with Gasteiger partial charge in [0.25, 0.3) is 0 Å². The highest BCUT2D eigenvalue weighted by molar-refractivity contribution is 6.35. The van der Waals surface area contributed by atoms with E-state index in [1.807, 2.05) is 0 Å². The van der Waals surface area contributed by atoms with Crippen LogP contribution in [0.3, 0.4) is 0 Å². The maximum atomic E-state index is 11.5. The molecule has 0 aliphatic heterocycles. The zero-order chi connectivity index (χ0) is 20.2. The topological polar surface area (TPSA) is 82.9 Å². The van der Waals surface area contributed by atoms with Crippen LogP contribution in [-0.2, 0) is 9.53 Å². The van der Waals surface area contributed by atoms with Gasteiger partial charge >= 0.3 is 11.7 Å². The highest BCUT2D eigenvalue weighted by atomic mass is 16.5. The van der Waals surface area contributed by atoms with Gasteiger partial charge < -0.3 is 15.4 Å². The van der Waals surface area contributed by atoms with Gasteiger partial charge in [-0.3, -0.25) is 0 Å². The van der Waals surface area contributed by atoms with Crippen LogP contribution in [0.25, 0.3) is 5.53 Å². The van der Waals surface area contributed by atoms with Gasteiger partial charge in [0.05, 0.1) is 6.61 Å². The smallest absolute Gasteiger partial charge is 0.419 e. The Labute approximate surface area is 165 Å². The number of aliphatic hydroxyl groups is 1. The summed E-state index contributed by atoms with van der Waals surface area (Å²) in [4.78, 5) is 14.4. The summed E-state index contributed by atoms with van der Waals surface area (Å²) in [5, 5.41) is 9.91. The van der Waals surface area contributed by atoms with Crippen LogP contribution >= 0.6 is 0 Å². The number of hydrogen-bond acceptors (Lipinski definition) is 3. The van der Waals surface area contributed by atoms with E-state index in [0.29, 0.717) is 6.42 Å². The summed E-state index contributed by atoms with van der Waals surface area (Å²) in [5.74, 6) is -0.750. The lowest BCUT2D eigenvalue weighted by Gasteiger charge is -2.05. The molecule has 0 aromatic heterocycles. The number of hydrogen-bond donors (Lipinski definition) is 1. The summed E-state index contributed by atoms with van der Waals surface area (Å²) in [6.45, 7) is 4.11. The Morgan fingerprint density at radius 3 is 1.96 bits per heavy atom. The molecule has 1 atom stereocenters. The second kappa shape index (κ2) is 19.3. The Hall–Kier alpha value is -1.45. The van der Waals surface area contributed by atoms with Crippen LogP contribution in [-0.4, -0.2) is 34.3 Å². The van der Waals surface area contributed by atoms with E-state index in [2.05, 4.69) is 23.9 Å². The molecule has 0 fully saturated rings. The van der Waals surface area contributed by atoms with Crippen molar-refractivity contribution in [3.8, 4) is 0 Å². The van der Waals surface area contributed by atoms with Crippen LogP contribution in [0.2, 0.25) is 0 Å². The highest BCUT2D eigenvalue weighted by Gasteiger charge is 2.30. The van der Waals surface area contributed by atoms with E-state index in [4.69, 9.17) is 10.3 Å². The summed E-state index contributed by atoms with van der Waals surface area (Å²) < 4.78 is 4.75. The summed E-state index contributed by atoms with van der Waals surface area (Å²) in [5.41, 5.74) is 8.54. The molecule has 0 amide bonds. The lowest BCUT2D eigenvalue weighted by Crippen LogP contribution is -2.31. The molecule has 0 heterocycles. The molecular formula is C22H40N2O3. The number of nitrogens with zero attached hydrogens (tertiary/aromatic N) is 2. The van der Waals surface area contributed by atoms with E-state index in [1.165, 1.54) is 57.8 Å². The van der Waals surface area contributed by atoms with Gasteiger partial charge in [0, 0.05) is 0 Å². The second-order valence-electron chi connectivity index (χ2n) is 7.09. The first-order chi connectivity index (χ1) is 13.2. The number of allylic oxidation sites excluding steroid dienone is 2. The minimum Gasteiger partial charge on any atom is -0.457 e. The monoisotopic (exact) mass is 380 g/mol. The van der Waals surface area contributed by atoms with Crippen LogP contribution < -0.4 is 0 Å². The first kappa shape index (κ1) is 25.6. The predicted molar refractivity (Wildman–Crippen MR) is 111 cm³/mol. The normalized spacial score (nSPS) is 12.1. The van der Waals surface area contributed by atoms with Gasteiger partial charge in [-0.15, -0.1) is 0 Å². The van der Waals surface area contributed by atoms with E-state index in [0.717, 1.165) is 25.7 Å². The Bertz CT molecular complexity index is 443. The van der Waals surface area contributed by atoms with Crippen molar-refractivity contribution >= 4 is 11.7 Å². The van der Waals surface area contributed by atoms with Gasteiger partial charge in [-0.2, -0.15) is 4.79 Å². The Balaban J connectivity index is 3.52. The third-order valence-corrected chi connectivity index (χ3v) is 4.65. The van der Waals surface area contributed by atoms with Crippen molar-refractivity contribution in [3.63, 3.8) is 0 Å². The fourth-order valence-corrected chi connectivity index (χ4v) is 2.99. The van der Waals surface area contributed by atoms with E-state index >= 15 is 0 Å². The van der Waals surface area contributed by atoms with Crippen molar-refractivity contribution < 1.29 is 19.4 Å². The minimum atomic E-state index is -1.06. The zero-order valence-electron chi connectivity index (χ0n) is 17.5. The maximum Gasteiger partial charge on any atom is 0.419 e. The molecule has 0 aliphatic carbocycles. The SMILES string of the molecule is CCCCCCCC/C=C\CCCCCCCC(O)C(=[N+]=[N-])C(=O)OCC. The van der Waals surface area contributed by atoms with Crippen molar-refractivity contribution in [1.29, 1.82) is 0 Å². The molecule has 0 bridgehead atoms. The third-order valence-electron chi connectivity index (χ3n) is 4.65. The molecule has 0 aromatic carbocycles. The zero-order valence-corrected chi connectivity index (χ0v) is 17.5. The molecule has 5 nitrogen and oxygen atoms in total. The maximum absolute atomic E-state index is 11.5. The van der Waals surface area contributed by atoms with Gasteiger partial charge in [0.1, 0.15) is 0 Å². The molecule has 0 aromatic rings. The fourth-order valence-electron chi connectivity index (χ4n) is 2.99. The quantitative estimate of drug-likeness (QED) is 0.0836. The Morgan fingerprint density at radius 2 is 1.44 bits per heavy atom. The van der Waals surface area contributed by atoms with Gasteiger partial charge in [-0.1, -0.05) is 76.9 Å². The summed E-state index contributed by atoms with van der Waals surface area (Å²) in [6, 6.07) is 0. The summed E-state index contributed by atoms with van der Waals surface area (Å²) in [6.07, 6.45) is 19.7. The molecule has 156 valence electrons.